The van der Waals surface area contributed by atoms with Crippen LogP contribution >= 0.6 is 0 Å². The Morgan fingerprint density at radius 2 is 2.15 bits per heavy atom. The number of hydrogen-bond donors (Lipinski definition) is 1. The Balaban J connectivity index is 1.48. The second-order valence-corrected chi connectivity index (χ2v) is 8.10. The molecule has 0 amide bonds. The first-order chi connectivity index (χ1) is 13.1. The molecule has 5 rings (SSSR count). The number of benzene rings is 1. The average molecular weight is 363 g/mol. The quantitative estimate of drug-likeness (QED) is 0.736. The summed E-state index contributed by atoms with van der Waals surface area (Å²) in [7, 11) is 0. The molecular weight excluding hydrogens is 338 g/mol. The fourth-order valence-electron chi connectivity index (χ4n) is 3.84. The molecule has 1 aromatic carbocycles. The van der Waals surface area contributed by atoms with Crippen molar-refractivity contribution in [2.24, 2.45) is 5.92 Å². The van der Waals surface area contributed by atoms with Crippen molar-refractivity contribution in [1.82, 2.24) is 20.2 Å². The van der Waals surface area contributed by atoms with Crippen LogP contribution in [0, 0.1) is 5.92 Å². The Morgan fingerprint density at radius 1 is 1.26 bits per heavy atom. The highest BCUT2D eigenvalue weighted by molar-refractivity contribution is 5.93. The Hall–Kier alpha value is -2.63. The molecule has 3 aromatic rings. The van der Waals surface area contributed by atoms with E-state index in [4.69, 9.17) is 4.74 Å². The summed E-state index contributed by atoms with van der Waals surface area (Å²) >= 11 is 0. The van der Waals surface area contributed by atoms with Crippen molar-refractivity contribution in [2.45, 2.75) is 45.1 Å². The molecule has 1 N–H and O–H groups in total. The van der Waals surface area contributed by atoms with Crippen molar-refractivity contribution in [1.29, 1.82) is 0 Å². The third-order valence-corrected chi connectivity index (χ3v) is 5.94. The van der Waals surface area contributed by atoms with E-state index in [1.54, 1.807) is 6.33 Å². The van der Waals surface area contributed by atoms with Crippen LogP contribution in [0.4, 0.5) is 5.82 Å². The van der Waals surface area contributed by atoms with E-state index in [-0.39, 0.29) is 5.60 Å². The molecule has 27 heavy (non-hydrogen) atoms. The SMILES string of the molecule is CC[C@H]1CCN(c2cc(-c3n[nH]c4ccc(OC5(C)CC5)cc34)ncn2)C1. The highest BCUT2D eigenvalue weighted by atomic mass is 16.5. The van der Waals surface area contributed by atoms with Crippen molar-refractivity contribution in [3.8, 4) is 17.1 Å². The second-order valence-electron chi connectivity index (χ2n) is 8.10. The number of aromatic nitrogens is 4. The lowest BCUT2D eigenvalue weighted by Gasteiger charge is -2.17. The van der Waals surface area contributed by atoms with Crippen LogP contribution < -0.4 is 9.64 Å². The molecule has 1 aliphatic heterocycles. The van der Waals surface area contributed by atoms with Gasteiger partial charge < -0.3 is 9.64 Å². The maximum atomic E-state index is 6.13. The number of rotatable bonds is 5. The van der Waals surface area contributed by atoms with Gasteiger partial charge in [0.15, 0.2) is 0 Å². The minimum Gasteiger partial charge on any atom is -0.488 e. The number of fused-ring (bicyclic) bond motifs is 1. The maximum absolute atomic E-state index is 6.13. The van der Waals surface area contributed by atoms with Crippen LogP contribution in [0.3, 0.4) is 0 Å². The van der Waals surface area contributed by atoms with Crippen molar-refractivity contribution in [3.05, 3.63) is 30.6 Å². The van der Waals surface area contributed by atoms with Gasteiger partial charge in [-0.25, -0.2) is 9.97 Å². The number of H-pyrrole nitrogens is 1. The first-order valence-corrected chi connectivity index (χ1v) is 9.88. The summed E-state index contributed by atoms with van der Waals surface area (Å²) in [6.45, 7) is 6.55. The van der Waals surface area contributed by atoms with Crippen LogP contribution in [0.5, 0.6) is 5.75 Å². The minimum absolute atomic E-state index is 0.00519. The van der Waals surface area contributed by atoms with E-state index in [2.05, 4.69) is 51.0 Å². The summed E-state index contributed by atoms with van der Waals surface area (Å²) in [5.41, 5.74) is 2.70. The first-order valence-electron chi connectivity index (χ1n) is 9.88. The highest BCUT2D eigenvalue weighted by Gasteiger charge is 2.40. The Morgan fingerprint density at radius 3 is 2.93 bits per heavy atom. The van der Waals surface area contributed by atoms with Crippen LogP contribution in [0.2, 0.25) is 0 Å². The first kappa shape index (κ1) is 16.5. The lowest BCUT2D eigenvalue weighted by atomic mass is 10.1. The minimum atomic E-state index is 0.00519. The fraction of sp³-hybridized carbons (Fsp3) is 0.476. The van der Waals surface area contributed by atoms with E-state index < -0.39 is 0 Å². The van der Waals surface area contributed by atoms with Gasteiger partial charge in [0.2, 0.25) is 0 Å². The van der Waals surface area contributed by atoms with Crippen LogP contribution in [-0.4, -0.2) is 38.9 Å². The molecule has 1 saturated heterocycles. The zero-order chi connectivity index (χ0) is 18.4. The largest absolute Gasteiger partial charge is 0.488 e. The molecule has 0 radical (unpaired) electrons. The van der Waals surface area contributed by atoms with Gasteiger partial charge in [0, 0.05) is 24.5 Å². The Bertz CT molecular complexity index is 978. The van der Waals surface area contributed by atoms with Gasteiger partial charge in [-0.05, 0) is 50.3 Å². The van der Waals surface area contributed by atoms with Crippen LogP contribution in [0.25, 0.3) is 22.3 Å². The molecule has 0 spiro atoms. The summed E-state index contributed by atoms with van der Waals surface area (Å²) in [4.78, 5) is 11.4. The standard InChI is InChI=1S/C21H25N5O/c1-3-14-6-9-26(12-14)19-11-18(22-13-23-19)20-16-10-15(27-21(2)7-8-21)4-5-17(16)24-25-20/h4-5,10-11,13-14H,3,6-9,12H2,1-2H3,(H,24,25)/t14-/m0/s1. The molecule has 2 aromatic heterocycles. The number of nitrogens with one attached hydrogen (secondary N) is 1. The van der Waals surface area contributed by atoms with Gasteiger partial charge in [-0.2, -0.15) is 5.10 Å². The normalized spacial score (nSPS) is 21.0. The molecule has 2 fully saturated rings. The smallest absolute Gasteiger partial charge is 0.132 e. The zero-order valence-corrected chi connectivity index (χ0v) is 15.9. The molecule has 3 heterocycles. The number of ether oxygens (including phenoxy) is 1. The fourth-order valence-corrected chi connectivity index (χ4v) is 3.84. The summed E-state index contributed by atoms with van der Waals surface area (Å²) in [5, 5.41) is 8.68. The summed E-state index contributed by atoms with van der Waals surface area (Å²) < 4.78 is 6.13. The van der Waals surface area contributed by atoms with Crippen molar-refractivity contribution >= 4 is 16.7 Å². The molecule has 1 atom stereocenters. The third kappa shape index (κ3) is 3.13. The predicted octanol–water partition coefficient (Wildman–Crippen LogP) is 4.19. The number of hydrogen-bond acceptors (Lipinski definition) is 5. The third-order valence-electron chi connectivity index (χ3n) is 5.94. The van der Waals surface area contributed by atoms with Crippen molar-refractivity contribution < 1.29 is 4.74 Å². The number of anilines is 1. The van der Waals surface area contributed by atoms with Crippen LogP contribution in [0.1, 0.15) is 39.5 Å². The second kappa shape index (κ2) is 6.22. The Labute approximate surface area is 159 Å². The maximum Gasteiger partial charge on any atom is 0.132 e. The summed E-state index contributed by atoms with van der Waals surface area (Å²) in [6, 6.07) is 8.17. The van der Waals surface area contributed by atoms with Gasteiger partial charge in [0.1, 0.15) is 29.2 Å². The van der Waals surface area contributed by atoms with Gasteiger partial charge >= 0.3 is 0 Å². The number of aromatic amines is 1. The topological polar surface area (TPSA) is 66.9 Å². The van der Waals surface area contributed by atoms with E-state index in [0.717, 1.165) is 65.7 Å². The van der Waals surface area contributed by atoms with Crippen molar-refractivity contribution in [2.75, 3.05) is 18.0 Å². The monoisotopic (exact) mass is 363 g/mol. The predicted molar refractivity (Wildman–Crippen MR) is 106 cm³/mol. The van der Waals surface area contributed by atoms with Gasteiger partial charge in [0.25, 0.3) is 0 Å². The molecule has 1 aliphatic carbocycles. The molecule has 0 bridgehead atoms. The van der Waals surface area contributed by atoms with Gasteiger partial charge in [0.05, 0.1) is 11.2 Å². The van der Waals surface area contributed by atoms with E-state index in [9.17, 15) is 0 Å². The van der Waals surface area contributed by atoms with Gasteiger partial charge in [-0.15, -0.1) is 0 Å². The molecular formula is C21H25N5O. The summed E-state index contributed by atoms with van der Waals surface area (Å²) in [6.07, 6.45) is 6.34. The summed E-state index contributed by atoms with van der Waals surface area (Å²) in [5.74, 6) is 2.65. The van der Waals surface area contributed by atoms with Crippen LogP contribution in [-0.2, 0) is 0 Å². The molecule has 140 valence electrons. The average Bonchev–Trinajstić information content (AvgIpc) is 3.11. The van der Waals surface area contributed by atoms with E-state index in [1.165, 1.54) is 12.8 Å². The molecule has 2 aliphatic rings. The highest BCUT2D eigenvalue weighted by Crippen LogP contribution is 2.40. The van der Waals surface area contributed by atoms with E-state index in [0.29, 0.717) is 0 Å². The lowest BCUT2D eigenvalue weighted by molar-refractivity contribution is 0.200. The van der Waals surface area contributed by atoms with E-state index in [1.807, 2.05) is 12.1 Å². The zero-order valence-electron chi connectivity index (χ0n) is 15.9. The van der Waals surface area contributed by atoms with Gasteiger partial charge in [-0.1, -0.05) is 13.3 Å². The van der Waals surface area contributed by atoms with E-state index >= 15 is 0 Å². The number of nitrogens with zero attached hydrogens (tertiary/aromatic N) is 4. The van der Waals surface area contributed by atoms with Crippen LogP contribution in [0.15, 0.2) is 30.6 Å². The van der Waals surface area contributed by atoms with Crippen molar-refractivity contribution in [3.63, 3.8) is 0 Å². The molecule has 0 unspecified atom stereocenters. The molecule has 6 heteroatoms. The Kier molecular flexibility index (Phi) is 3.81. The van der Waals surface area contributed by atoms with Gasteiger partial charge in [-0.3, -0.25) is 5.10 Å². The molecule has 1 saturated carbocycles. The molecule has 6 nitrogen and oxygen atoms in total. The lowest BCUT2D eigenvalue weighted by Crippen LogP contribution is -2.20.